The number of halogens is 1. The standard InChI is InChI=1S/C28H22BrNO/c1-28(2)24-6-4-3-5-21(24)22-13-11-19(15-25(22)28)17-7-9-18(10-8-17)27(31)23-16-20(29)12-14-26(23)30/h3-16H,30H2,1-2H3. The molecule has 0 saturated heterocycles. The second kappa shape index (κ2) is 7.21. The fraction of sp³-hybridized carbons (Fsp3) is 0.107. The predicted molar refractivity (Wildman–Crippen MR) is 131 cm³/mol. The van der Waals surface area contributed by atoms with Crippen LogP contribution in [-0.2, 0) is 5.41 Å². The van der Waals surface area contributed by atoms with E-state index in [1.807, 2.05) is 30.3 Å². The molecule has 3 heteroatoms. The van der Waals surface area contributed by atoms with Crippen LogP contribution in [0.4, 0.5) is 5.69 Å². The summed E-state index contributed by atoms with van der Waals surface area (Å²) in [7, 11) is 0. The molecule has 4 aromatic carbocycles. The number of ketones is 1. The van der Waals surface area contributed by atoms with Gasteiger partial charge in [-0.15, -0.1) is 0 Å². The monoisotopic (exact) mass is 467 g/mol. The average Bonchev–Trinajstić information content (AvgIpc) is 3.02. The Kier molecular flexibility index (Phi) is 4.60. The first-order valence-electron chi connectivity index (χ1n) is 10.3. The van der Waals surface area contributed by atoms with Gasteiger partial charge in [0.15, 0.2) is 5.78 Å². The minimum absolute atomic E-state index is 0.0317. The molecule has 31 heavy (non-hydrogen) atoms. The quantitative estimate of drug-likeness (QED) is 0.255. The molecule has 0 atom stereocenters. The number of fused-ring (bicyclic) bond motifs is 3. The third-order valence-corrected chi connectivity index (χ3v) is 6.82. The number of benzene rings is 4. The van der Waals surface area contributed by atoms with Crippen LogP contribution in [0.1, 0.15) is 40.9 Å². The molecule has 0 aliphatic heterocycles. The molecule has 0 heterocycles. The summed E-state index contributed by atoms with van der Waals surface area (Å²) in [4.78, 5) is 12.9. The topological polar surface area (TPSA) is 43.1 Å². The molecule has 2 nitrogen and oxygen atoms in total. The van der Waals surface area contributed by atoms with Crippen LogP contribution in [0.25, 0.3) is 22.3 Å². The van der Waals surface area contributed by atoms with E-state index in [4.69, 9.17) is 5.73 Å². The molecule has 1 aliphatic rings. The largest absolute Gasteiger partial charge is 0.398 e. The maximum Gasteiger partial charge on any atom is 0.195 e. The van der Waals surface area contributed by atoms with Gasteiger partial charge in [0.2, 0.25) is 0 Å². The summed E-state index contributed by atoms with van der Waals surface area (Å²) < 4.78 is 0.837. The number of nitrogens with two attached hydrogens (primary N) is 1. The van der Waals surface area contributed by atoms with Crippen LogP contribution >= 0.6 is 15.9 Å². The van der Waals surface area contributed by atoms with E-state index in [9.17, 15) is 4.79 Å². The van der Waals surface area contributed by atoms with Gasteiger partial charge in [0, 0.05) is 26.7 Å². The Balaban J connectivity index is 1.50. The summed E-state index contributed by atoms with van der Waals surface area (Å²) in [6, 6.07) is 28.5. The molecule has 5 rings (SSSR count). The molecule has 152 valence electrons. The number of carbonyl (C=O) groups is 1. The fourth-order valence-corrected chi connectivity index (χ4v) is 4.94. The summed E-state index contributed by atoms with van der Waals surface area (Å²) in [5.41, 5.74) is 15.2. The SMILES string of the molecule is CC1(C)c2ccccc2-c2ccc(-c3ccc(C(=O)c4cc(Br)ccc4N)cc3)cc21. The molecule has 0 bridgehead atoms. The lowest BCUT2D eigenvalue weighted by molar-refractivity contribution is 0.103. The van der Waals surface area contributed by atoms with Crippen LogP contribution < -0.4 is 5.73 Å². The van der Waals surface area contributed by atoms with Crippen molar-refractivity contribution in [2.75, 3.05) is 5.73 Å². The van der Waals surface area contributed by atoms with Gasteiger partial charge >= 0.3 is 0 Å². The molecule has 0 fully saturated rings. The zero-order valence-electron chi connectivity index (χ0n) is 17.4. The van der Waals surface area contributed by atoms with Crippen LogP contribution in [-0.4, -0.2) is 5.78 Å². The third-order valence-electron chi connectivity index (χ3n) is 6.32. The lowest BCUT2D eigenvalue weighted by atomic mass is 9.81. The van der Waals surface area contributed by atoms with E-state index in [2.05, 4.69) is 72.2 Å². The Labute approximate surface area is 190 Å². The second-order valence-corrected chi connectivity index (χ2v) is 9.48. The van der Waals surface area contributed by atoms with Crippen molar-refractivity contribution in [3.8, 4) is 22.3 Å². The summed E-state index contributed by atoms with van der Waals surface area (Å²) in [6.07, 6.45) is 0. The fourth-order valence-electron chi connectivity index (χ4n) is 4.58. The normalized spacial score (nSPS) is 13.5. The minimum Gasteiger partial charge on any atom is -0.398 e. The van der Waals surface area contributed by atoms with Gasteiger partial charge in [0.1, 0.15) is 0 Å². The van der Waals surface area contributed by atoms with Crippen molar-refractivity contribution in [2.24, 2.45) is 0 Å². The minimum atomic E-state index is -0.0733. The Bertz CT molecular complexity index is 1340. The lowest BCUT2D eigenvalue weighted by Crippen LogP contribution is -2.14. The highest BCUT2D eigenvalue weighted by Crippen LogP contribution is 2.49. The van der Waals surface area contributed by atoms with Crippen molar-refractivity contribution in [3.05, 3.63) is 112 Å². The van der Waals surface area contributed by atoms with Crippen molar-refractivity contribution in [3.63, 3.8) is 0 Å². The van der Waals surface area contributed by atoms with E-state index in [0.29, 0.717) is 16.8 Å². The van der Waals surface area contributed by atoms with Crippen molar-refractivity contribution in [2.45, 2.75) is 19.3 Å². The first-order chi connectivity index (χ1) is 14.9. The Morgan fingerprint density at radius 1 is 0.774 bits per heavy atom. The van der Waals surface area contributed by atoms with Crippen LogP contribution in [0.5, 0.6) is 0 Å². The third kappa shape index (κ3) is 3.21. The first-order valence-corrected chi connectivity index (χ1v) is 11.1. The van der Waals surface area contributed by atoms with Crippen molar-refractivity contribution < 1.29 is 4.79 Å². The molecule has 4 aromatic rings. The predicted octanol–water partition coefficient (Wildman–Crippen LogP) is 7.24. The van der Waals surface area contributed by atoms with Gasteiger partial charge in [-0.1, -0.05) is 90.4 Å². The zero-order valence-corrected chi connectivity index (χ0v) is 19.0. The summed E-state index contributed by atoms with van der Waals surface area (Å²) >= 11 is 3.42. The van der Waals surface area contributed by atoms with Gasteiger partial charge in [0.05, 0.1) is 0 Å². The zero-order chi connectivity index (χ0) is 21.8. The number of rotatable bonds is 3. The lowest BCUT2D eigenvalue weighted by Gasteiger charge is -2.22. The first kappa shape index (κ1) is 19.8. The molecule has 0 radical (unpaired) electrons. The van der Waals surface area contributed by atoms with Gasteiger partial charge in [0.25, 0.3) is 0 Å². The Hall–Kier alpha value is -3.17. The average molecular weight is 468 g/mol. The molecule has 0 unspecified atom stereocenters. The molecule has 0 spiro atoms. The number of anilines is 1. The van der Waals surface area contributed by atoms with Crippen molar-refractivity contribution in [1.29, 1.82) is 0 Å². The Morgan fingerprint density at radius 3 is 2.23 bits per heavy atom. The van der Waals surface area contributed by atoms with Gasteiger partial charge in [-0.3, -0.25) is 4.79 Å². The summed E-state index contributed by atoms with van der Waals surface area (Å²) in [5, 5.41) is 0. The van der Waals surface area contributed by atoms with E-state index < -0.39 is 0 Å². The maximum atomic E-state index is 12.9. The molecule has 0 saturated carbocycles. The summed E-state index contributed by atoms with van der Waals surface area (Å²) in [5.74, 6) is -0.0733. The highest BCUT2D eigenvalue weighted by atomic mass is 79.9. The number of carbonyl (C=O) groups excluding carboxylic acids is 1. The van der Waals surface area contributed by atoms with Gasteiger partial charge < -0.3 is 5.73 Å². The maximum absolute atomic E-state index is 12.9. The highest BCUT2D eigenvalue weighted by Gasteiger charge is 2.35. The van der Waals surface area contributed by atoms with E-state index >= 15 is 0 Å². The number of nitrogen functional groups attached to an aromatic ring is 1. The van der Waals surface area contributed by atoms with Crippen molar-refractivity contribution >= 4 is 27.4 Å². The molecule has 0 amide bonds. The number of hydrogen-bond acceptors (Lipinski definition) is 2. The van der Waals surface area contributed by atoms with Crippen LogP contribution in [0.2, 0.25) is 0 Å². The van der Waals surface area contributed by atoms with Gasteiger partial charge in [-0.05, 0) is 57.6 Å². The van der Waals surface area contributed by atoms with E-state index in [-0.39, 0.29) is 11.2 Å². The molecule has 2 N–H and O–H groups in total. The molecule has 0 aromatic heterocycles. The van der Waals surface area contributed by atoms with Gasteiger partial charge in [-0.25, -0.2) is 0 Å². The van der Waals surface area contributed by atoms with E-state index in [1.54, 1.807) is 12.1 Å². The van der Waals surface area contributed by atoms with Crippen LogP contribution in [0, 0.1) is 0 Å². The van der Waals surface area contributed by atoms with Crippen LogP contribution in [0.15, 0.2) is 89.4 Å². The smallest absolute Gasteiger partial charge is 0.195 e. The van der Waals surface area contributed by atoms with E-state index in [1.165, 1.54) is 22.3 Å². The summed E-state index contributed by atoms with van der Waals surface area (Å²) in [6.45, 7) is 4.57. The van der Waals surface area contributed by atoms with Crippen LogP contribution in [0.3, 0.4) is 0 Å². The highest BCUT2D eigenvalue weighted by molar-refractivity contribution is 9.10. The second-order valence-electron chi connectivity index (χ2n) is 8.57. The van der Waals surface area contributed by atoms with Crippen molar-refractivity contribution in [1.82, 2.24) is 0 Å². The van der Waals surface area contributed by atoms with Gasteiger partial charge in [-0.2, -0.15) is 0 Å². The molecular formula is C28H22BrNO. The molecular weight excluding hydrogens is 446 g/mol. The Morgan fingerprint density at radius 2 is 1.45 bits per heavy atom. The number of hydrogen-bond donors (Lipinski definition) is 1. The van der Waals surface area contributed by atoms with E-state index in [0.717, 1.165) is 15.6 Å². The molecule has 1 aliphatic carbocycles.